The molecule has 4 heteroatoms. The van der Waals surface area contributed by atoms with Crippen molar-refractivity contribution in [2.24, 2.45) is 0 Å². The van der Waals surface area contributed by atoms with Crippen LogP contribution < -0.4 is 5.32 Å². The summed E-state index contributed by atoms with van der Waals surface area (Å²) < 4.78 is 4.75. The molecule has 0 saturated carbocycles. The van der Waals surface area contributed by atoms with Gasteiger partial charge in [0.15, 0.2) is 0 Å². The lowest BCUT2D eigenvalue weighted by Gasteiger charge is -2.12. The first-order valence-electron chi connectivity index (χ1n) is 7.46. The standard InChI is InChI=1S/C19H21NO3/c1-12-8-9-15(10-13(12)2)11-18(21)20-17-7-5-6-16(14(17)3)19(22)23-4/h5-10H,11H2,1-4H3,(H,20,21). The Hall–Kier alpha value is -2.62. The Balaban J connectivity index is 2.14. The quantitative estimate of drug-likeness (QED) is 0.878. The van der Waals surface area contributed by atoms with Crippen LogP contribution in [0.5, 0.6) is 0 Å². The summed E-state index contributed by atoms with van der Waals surface area (Å²) in [5.41, 5.74) is 5.12. The average Bonchev–Trinajstić information content (AvgIpc) is 2.52. The number of hydrogen-bond acceptors (Lipinski definition) is 3. The molecule has 2 rings (SSSR count). The molecule has 1 N–H and O–H groups in total. The fourth-order valence-electron chi connectivity index (χ4n) is 2.40. The first kappa shape index (κ1) is 16.7. The Morgan fingerprint density at radius 2 is 1.78 bits per heavy atom. The molecule has 0 atom stereocenters. The first-order valence-corrected chi connectivity index (χ1v) is 7.46. The zero-order valence-corrected chi connectivity index (χ0v) is 13.9. The molecule has 2 aromatic carbocycles. The van der Waals surface area contributed by atoms with Gasteiger partial charge < -0.3 is 10.1 Å². The van der Waals surface area contributed by atoms with Gasteiger partial charge in [0, 0.05) is 5.69 Å². The molecule has 0 aliphatic rings. The van der Waals surface area contributed by atoms with Crippen molar-refractivity contribution >= 4 is 17.6 Å². The highest BCUT2D eigenvalue weighted by molar-refractivity contribution is 5.97. The Labute approximate surface area is 136 Å². The van der Waals surface area contributed by atoms with Gasteiger partial charge in [-0.25, -0.2) is 4.79 Å². The second-order valence-corrected chi connectivity index (χ2v) is 5.61. The zero-order valence-electron chi connectivity index (χ0n) is 13.9. The number of benzene rings is 2. The maximum atomic E-state index is 12.3. The highest BCUT2D eigenvalue weighted by atomic mass is 16.5. The molecule has 0 spiro atoms. The topological polar surface area (TPSA) is 55.4 Å². The third-order valence-corrected chi connectivity index (χ3v) is 3.95. The number of carbonyl (C=O) groups excluding carboxylic acids is 2. The molecular weight excluding hydrogens is 290 g/mol. The van der Waals surface area contributed by atoms with Gasteiger partial charge in [-0.15, -0.1) is 0 Å². The predicted molar refractivity (Wildman–Crippen MR) is 90.8 cm³/mol. The molecule has 0 aliphatic carbocycles. The van der Waals surface area contributed by atoms with Gasteiger partial charge in [-0.2, -0.15) is 0 Å². The number of ether oxygens (including phenoxy) is 1. The molecule has 1 amide bonds. The van der Waals surface area contributed by atoms with Gasteiger partial charge in [0.05, 0.1) is 19.1 Å². The molecular formula is C19H21NO3. The minimum absolute atomic E-state index is 0.113. The Morgan fingerprint density at radius 1 is 1.04 bits per heavy atom. The van der Waals surface area contributed by atoms with Crippen molar-refractivity contribution in [3.05, 3.63) is 64.2 Å². The molecule has 0 heterocycles. The van der Waals surface area contributed by atoms with E-state index < -0.39 is 5.97 Å². The van der Waals surface area contributed by atoms with E-state index in [4.69, 9.17) is 4.74 Å². The van der Waals surface area contributed by atoms with E-state index in [1.807, 2.05) is 32.0 Å². The van der Waals surface area contributed by atoms with Crippen molar-refractivity contribution in [1.82, 2.24) is 0 Å². The fraction of sp³-hybridized carbons (Fsp3) is 0.263. The predicted octanol–water partition coefficient (Wildman–Crippen LogP) is 3.58. The molecule has 0 aromatic heterocycles. The van der Waals surface area contributed by atoms with Gasteiger partial charge in [0.25, 0.3) is 0 Å². The van der Waals surface area contributed by atoms with Crippen LogP contribution in [-0.4, -0.2) is 19.0 Å². The highest BCUT2D eigenvalue weighted by Gasteiger charge is 2.13. The molecule has 0 fully saturated rings. The van der Waals surface area contributed by atoms with E-state index in [9.17, 15) is 9.59 Å². The summed E-state index contributed by atoms with van der Waals surface area (Å²) in [6, 6.07) is 11.2. The number of carbonyl (C=O) groups is 2. The van der Waals surface area contributed by atoms with Crippen molar-refractivity contribution in [3.63, 3.8) is 0 Å². The summed E-state index contributed by atoms with van der Waals surface area (Å²) in [6.07, 6.45) is 0.295. The largest absolute Gasteiger partial charge is 0.465 e. The van der Waals surface area contributed by atoms with Gasteiger partial charge in [0.2, 0.25) is 5.91 Å². The number of aryl methyl sites for hydroxylation is 2. The molecule has 4 nitrogen and oxygen atoms in total. The number of hydrogen-bond donors (Lipinski definition) is 1. The summed E-state index contributed by atoms with van der Waals surface area (Å²) in [5.74, 6) is -0.522. The van der Waals surface area contributed by atoms with Gasteiger partial charge in [-0.1, -0.05) is 24.3 Å². The third-order valence-electron chi connectivity index (χ3n) is 3.95. The van der Waals surface area contributed by atoms with Crippen molar-refractivity contribution in [1.29, 1.82) is 0 Å². The van der Waals surface area contributed by atoms with Crippen molar-refractivity contribution < 1.29 is 14.3 Å². The van der Waals surface area contributed by atoms with Crippen LogP contribution in [0.15, 0.2) is 36.4 Å². The second kappa shape index (κ2) is 7.09. The van der Waals surface area contributed by atoms with Crippen LogP contribution in [0.1, 0.15) is 32.6 Å². The van der Waals surface area contributed by atoms with E-state index in [2.05, 4.69) is 5.32 Å². The number of methoxy groups -OCH3 is 1. The maximum absolute atomic E-state index is 12.3. The monoisotopic (exact) mass is 311 g/mol. The van der Waals surface area contributed by atoms with E-state index >= 15 is 0 Å². The fourth-order valence-corrected chi connectivity index (χ4v) is 2.40. The molecule has 2 aromatic rings. The van der Waals surface area contributed by atoms with Crippen LogP contribution in [0.4, 0.5) is 5.69 Å². The van der Waals surface area contributed by atoms with Crippen LogP contribution in [0, 0.1) is 20.8 Å². The highest BCUT2D eigenvalue weighted by Crippen LogP contribution is 2.20. The molecule has 0 radical (unpaired) electrons. The van der Waals surface area contributed by atoms with E-state index in [-0.39, 0.29) is 5.91 Å². The summed E-state index contributed by atoms with van der Waals surface area (Å²) in [7, 11) is 1.34. The van der Waals surface area contributed by atoms with Crippen LogP contribution in [0.25, 0.3) is 0 Å². The minimum Gasteiger partial charge on any atom is -0.465 e. The van der Waals surface area contributed by atoms with Gasteiger partial charge in [0.1, 0.15) is 0 Å². The van der Waals surface area contributed by atoms with Gasteiger partial charge >= 0.3 is 5.97 Å². The molecule has 0 unspecified atom stereocenters. The third kappa shape index (κ3) is 3.97. The lowest BCUT2D eigenvalue weighted by Crippen LogP contribution is -2.16. The number of amides is 1. The van der Waals surface area contributed by atoms with Crippen LogP contribution in [0.2, 0.25) is 0 Å². The van der Waals surface area contributed by atoms with Crippen LogP contribution in [0.3, 0.4) is 0 Å². The number of rotatable bonds is 4. The smallest absolute Gasteiger partial charge is 0.338 e. The maximum Gasteiger partial charge on any atom is 0.338 e. The van der Waals surface area contributed by atoms with E-state index in [1.165, 1.54) is 18.2 Å². The van der Waals surface area contributed by atoms with E-state index in [0.717, 1.165) is 5.56 Å². The van der Waals surface area contributed by atoms with Gasteiger partial charge in [-0.05, 0) is 55.2 Å². The molecule has 23 heavy (non-hydrogen) atoms. The molecule has 0 aliphatic heterocycles. The second-order valence-electron chi connectivity index (χ2n) is 5.61. The Kier molecular flexibility index (Phi) is 5.16. The van der Waals surface area contributed by atoms with E-state index in [0.29, 0.717) is 23.2 Å². The zero-order chi connectivity index (χ0) is 17.0. The average molecular weight is 311 g/mol. The van der Waals surface area contributed by atoms with E-state index in [1.54, 1.807) is 25.1 Å². The number of esters is 1. The summed E-state index contributed by atoms with van der Waals surface area (Å²) in [4.78, 5) is 24.0. The Bertz CT molecular complexity index is 750. The van der Waals surface area contributed by atoms with Crippen molar-refractivity contribution in [2.45, 2.75) is 27.2 Å². The summed E-state index contributed by atoms with van der Waals surface area (Å²) in [6.45, 7) is 5.86. The Morgan fingerprint density at radius 3 is 2.43 bits per heavy atom. The van der Waals surface area contributed by atoms with Crippen LogP contribution >= 0.6 is 0 Å². The normalized spacial score (nSPS) is 10.3. The lowest BCUT2D eigenvalue weighted by atomic mass is 10.0. The summed E-state index contributed by atoms with van der Waals surface area (Å²) in [5, 5.41) is 2.87. The minimum atomic E-state index is -0.409. The molecule has 0 saturated heterocycles. The van der Waals surface area contributed by atoms with Crippen molar-refractivity contribution in [2.75, 3.05) is 12.4 Å². The first-order chi connectivity index (χ1) is 10.9. The van der Waals surface area contributed by atoms with Crippen LogP contribution in [-0.2, 0) is 16.0 Å². The van der Waals surface area contributed by atoms with Gasteiger partial charge in [-0.3, -0.25) is 4.79 Å². The lowest BCUT2D eigenvalue weighted by molar-refractivity contribution is -0.115. The van der Waals surface area contributed by atoms with Crippen molar-refractivity contribution in [3.8, 4) is 0 Å². The number of nitrogens with one attached hydrogen (secondary N) is 1. The SMILES string of the molecule is COC(=O)c1cccc(NC(=O)Cc2ccc(C)c(C)c2)c1C. The molecule has 0 bridgehead atoms. The molecule has 120 valence electrons. The summed E-state index contributed by atoms with van der Waals surface area (Å²) >= 11 is 0. The number of anilines is 1.